The molecule has 0 unspecified atom stereocenters. The maximum absolute atomic E-state index is 9.03. The van der Waals surface area contributed by atoms with Crippen molar-refractivity contribution in [3.05, 3.63) is 78.7 Å². The smallest absolute Gasteiger partial charge is 0.204 e. The van der Waals surface area contributed by atoms with Crippen LogP contribution in [-0.2, 0) is 0 Å². The maximum Gasteiger partial charge on any atom is 0.204 e. The zero-order valence-electron chi connectivity index (χ0n) is 18.0. The Morgan fingerprint density at radius 2 is 1.58 bits per heavy atom. The van der Waals surface area contributed by atoms with Crippen LogP contribution < -0.4 is 0 Å². The second kappa shape index (κ2) is 7.35. The molecule has 2 heterocycles. The highest BCUT2D eigenvalue weighted by atomic mass is 16.3. The topological polar surface area (TPSA) is 43.4 Å². The fourth-order valence-corrected chi connectivity index (χ4v) is 4.42. The van der Waals surface area contributed by atoms with E-state index in [1.807, 2.05) is 12.1 Å². The fourth-order valence-electron chi connectivity index (χ4n) is 4.42. The van der Waals surface area contributed by atoms with Crippen LogP contribution >= 0.6 is 0 Å². The molecule has 2 aliphatic rings. The summed E-state index contributed by atoms with van der Waals surface area (Å²) in [5, 5.41) is 9.98. The SMILES string of the molecule is C=C(c1ccc(-c2ccc3oc(C#N)cc3c2)cc1)N1CCN(C(=C)C2(C)CC2)CC1. The molecule has 2 aromatic carbocycles. The van der Waals surface area contributed by atoms with Crippen molar-refractivity contribution in [1.82, 2.24) is 9.80 Å². The predicted octanol–water partition coefficient (Wildman–Crippen LogP) is 5.87. The highest BCUT2D eigenvalue weighted by molar-refractivity contribution is 5.84. The Bertz CT molecular complexity index is 1200. The van der Waals surface area contributed by atoms with Gasteiger partial charge in [-0.1, -0.05) is 50.4 Å². The van der Waals surface area contributed by atoms with Crippen molar-refractivity contribution in [3.63, 3.8) is 0 Å². The quantitative estimate of drug-likeness (QED) is 0.528. The molecule has 0 spiro atoms. The van der Waals surface area contributed by atoms with Gasteiger partial charge in [-0.05, 0) is 41.7 Å². The van der Waals surface area contributed by atoms with Gasteiger partial charge >= 0.3 is 0 Å². The Kier molecular flexibility index (Phi) is 4.63. The number of fused-ring (bicyclic) bond motifs is 1. The van der Waals surface area contributed by atoms with E-state index in [9.17, 15) is 0 Å². The molecule has 0 amide bonds. The first kappa shape index (κ1) is 19.5. The lowest BCUT2D eigenvalue weighted by Gasteiger charge is -2.40. The van der Waals surface area contributed by atoms with Crippen molar-refractivity contribution in [2.75, 3.05) is 26.2 Å². The second-order valence-electron chi connectivity index (χ2n) is 8.98. The molecule has 31 heavy (non-hydrogen) atoms. The van der Waals surface area contributed by atoms with E-state index in [4.69, 9.17) is 9.68 Å². The molecule has 1 saturated heterocycles. The first-order chi connectivity index (χ1) is 15.0. The number of hydrogen-bond acceptors (Lipinski definition) is 4. The summed E-state index contributed by atoms with van der Waals surface area (Å²) in [5.74, 6) is 0.341. The summed E-state index contributed by atoms with van der Waals surface area (Å²) in [6.45, 7) is 15.1. The zero-order chi connectivity index (χ0) is 21.6. The molecule has 4 nitrogen and oxygen atoms in total. The molecule has 1 aromatic heterocycles. The van der Waals surface area contributed by atoms with E-state index in [1.54, 1.807) is 6.07 Å². The van der Waals surface area contributed by atoms with Gasteiger partial charge in [0.25, 0.3) is 0 Å². The third-order valence-electron chi connectivity index (χ3n) is 6.92. The number of hydrogen-bond donors (Lipinski definition) is 0. The molecule has 3 aromatic rings. The maximum atomic E-state index is 9.03. The van der Waals surface area contributed by atoms with Crippen LogP contribution in [0.15, 0.2) is 71.8 Å². The molecule has 1 saturated carbocycles. The average molecular weight is 410 g/mol. The molecule has 4 heteroatoms. The highest BCUT2D eigenvalue weighted by Gasteiger charge is 2.42. The lowest BCUT2D eigenvalue weighted by Crippen LogP contribution is -2.45. The Morgan fingerprint density at radius 3 is 2.23 bits per heavy atom. The first-order valence-electron chi connectivity index (χ1n) is 10.9. The third-order valence-corrected chi connectivity index (χ3v) is 6.92. The summed E-state index contributed by atoms with van der Waals surface area (Å²) in [7, 11) is 0. The van der Waals surface area contributed by atoms with E-state index >= 15 is 0 Å². The molecule has 0 atom stereocenters. The van der Waals surface area contributed by atoms with Gasteiger partial charge in [0.05, 0.1) is 0 Å². The molecule has 156 valence electrons. The Labute approximate surface area is 183 Å². The minimum atomic E-state index is 0.341. The third kappa shape index (κ3) is 3.61. The average Bonchev–Trinajstić information content (AvgIpc) is 3.43. The van der Waals surface area contributed by atoms with Crippen LogP contribution in [0.4, 0.5) is 0 Å². The van der Waals surface area contributed by atoms with Crippen LogP contribution in [0.3, 0.4) is 0 Å². The summed E-state index contributed by atoms with van der Waals surface area (Å²) < 4.78 is 5.48. The van der Waals surface area contributed by atoms with Gasteiger partial charge in [-0.25, -0.2) is 0 Å². The Hall–Kier alpha value is -3.45. The van der Waals surface area contributed by atoms with E-state index in [0.29, 0.717) is 11.2 Å². The van der Waals surface area contributed by atoms with Gasteiger partial charge in [0.1, 0.15) is 11.7 Å². The number of allylic oxidation sites excluding steroid dienone is 1. The van der Waals surface area contributed by atoms with Crippen LogP contribution in [0.25, 0.3) is 27.8 Å². The van der Waals surface area contributed by atoms with Crippen molar-refractivity contribution in [1.29, 1.82) is 5.26 Å². The standard InChI is InChI=1S/C27H27N3O/c1-19(29-12-14-30(15-13-29)20(2)27(3)10-11-27)21-4-6-22(7-5-21)23-8-9-26-24(16-23)17-25(18-28)31-26/h4-9,16-17H,1-2,10-15H2,3H3. The largest absolute Gasteiger partial charge is 0.446 e. The van der Waals surface area contributed by atoms with Crippen molar-refractivity contribution < 1.29 is 4.42 Å². The summed E-state index contributed by atoms with van der Waals surface area (Å²) in [6, 6.07) is 18.4. The number of rotatable bonds is 5. The molecule has 0 radical (unpaired) electrons. The van der Waals surface area contributed by atoms with E-state index in [-0.39, 0.29) is 0 Å². The number of nitriles is 1. The van der Waals surface area contributed by atoms with Gasteiger partial charge in [0, 0.05) is 54.4 Å². The number of nitrogens with zero attached hydrogens (tertiary/aromatic N) is 3. The van der Waals surface area contributed by atoms with Crippen LogP contribution in [0.1, 0.15) is 31.1 Å². The van der Waals surface area contributed by atoms with Gasteiger partial charge in [-0.3, -0.25) is 0 Å². The van der Waals surface area contributed by atoms with Crippen LogP contribution in [-0.4, -0.2) is 36.0 Å². The molecule has 2 fully saturated rings. The summed E-state index contributed by atoms with van der Waals surface area (Å²) >= 11 is 0. The van der Waals surface area contributed by atoms with Crippen molar-refractivity contribution in [2.24, 2.45) is 5.41 Å². The van der Waals surface area contributed by atoms with E-state index in [0.717, 1.165) is 59.5 Å². The monoisotopic (exact) mass is 409 g/mol. The van der Waals surface area contributed by atoms with E-state index in [1.165, 1.54) is 18.5 Å². The van der Waals surface area contributed by atoms with Crippen molar-refractivity contribution >= 4 is 16.7 Å². The lowest BCUT2D eigenvalue weighted by atomic mass is 10.0. The number of piperazine rings is 1. The fraction of sp³-hybridized carbons (Fsp3) is 0.296. The minimum Gasteiger partial charge on any atom is -0.446 e. The van der Waals surface area contributed by atoms with Crippen LogP contribution in [0.5, 0.6) is 0 Å². The Morgan fingerprint density at radius 1 is 0.935 bits per heavy atom. The molecular weight excluding hydrogens is 382 g/mol. The van der Waals surface area contributed by atoms with Gasteiger partial charge in [-0.15, -0.1) is 0 Å². The minimum absolute atomic E-state index is 0.341. The van der Waals surface area contributed by atoms with E-state index < -0.39 is 0 Å². The van der Waals surface area contributed by atoms with Gasteiger partial charge in [-0.2, -0.15) is 5.26 Å². The van der Waals surface area contributed by atoms with Crippen molar-refractivity contribution in [3.8, 4) is 17.2 Å². The lowest BCUT2D eigenvalue weighted by molar-refractivity contribution is 0.196. The van der Waals surface area contributed by atoms with Crippen LogP contribution in [0, 0.1) is 16.7 Å². The second-order valence-corrected chi connectivity index (χ2v) is 8.98. The van der Waals surface area contributed by atoms with Gasteiger partial charge < -0.3 is 14.2 Å². The molecule has 5 rings (SSSR count). The van der Waals surface area contributed by atoms with Gasteiger partial charge in [0.2, 0.25) is 5.76 Å². The van der Waals surface area contributed by atoms with Crippen LogP contribution in [0.2, 0.25) is 0 Å². The summed E-state index contributed by atoms with van der Waals surface area (Å²) in [5.41, 5.74) is 6.89. The molecule has 1 aliphatic heterocycles. The van der Waals surface area contributed by atoms with Gasteiger partial charge in [0.15, 0.2) is 0 Å². The molecule has 1 aliphatic carbocycles. The first-order valence-corrected chi connectivity index (χ1v) is 10.9. The number of furan rings is 1. The summed E-state index contributed by atoms with van der Waals surface area (Å²) in [4.78, 5) is 4.85. The zero-order valence-corrected chi connectivity index (χ0v) is 18.0. The van der Waals surface area contributed by atoms with Crippen molar-refractivity contribution in [2.45, 2.75) is 19.8 Å². The molecule has 0 bridgehead atoms. The Balaban J connectivity index is 1.26. The number of benzene rings is 2. The highest BCUT2D eigenvalue weighted by Crippen LogP contribution is 2.51. The molecule has 0 N–H and O–H groups in total. The molecular formula is C27H27N3O. The predicted molar refractivity (Wildman–Crippen MR) is 125 cm³/mol. The summed E-state index contributed by atoms with van der Waals surface area (Å²) in [6.07, 6.45) is 2.55. The van der Waals surface area contributed by atoms with E-state index in [2.05, 4.69) is 66.3 Å². The normalized spacial score (nSPS) is 17.4.